The molecule has 2 heterocycles. The van der Waals surface area contributed by atoms with Crippen molar-refractivity contribution in [1.29, 1.82) is 0 Å². The molecule has 1 N–H and O–H groups in total. The number of rotatable bonds is 4. The number of nitrogens with one attached hydrogen (secondary N) is 1. The Morgan fingerprint density at radius 2 is 1.85 bits per heavy atom. The lowest BCUT2D eigenvalue weighted by Gasteiger charge is -2.35. The fraction of sp³-hybridized carbons (Fsp3) is 0.600. The van der Waals surface area contributed by atoms with Crippen LogP contribution in [0.2, 0.25) is 0 Å². The fourth-order valence-electron chi connectivity index (χ4n) is 3.67. The van der Waals surface area contributed by atoms with Crippen molar-refractivity contribution in [2.75, 3.05) is 32.7 Å². The van der Waals surface area contributed by atoms with Gasteiger partial charge in [0, 0.05) is 45.2 Å². The number of hydrogen-bond donors (Lipinski definition) is 1. The summed E-state index contributed by atoms with van der Waals surface area (Å²) in [5.74, 6) is 0.620. The minimum Gasteiger partial charge on any atom is -0.445 e. The quantitative estimate of drug-likeness (QED) is 0.896. The maximum atomic E-state index is 12.5. The Hall–Kier alpha value is -2.08. The second kappa shape index (κ2) is 9.03. The van der Waals surface area contributed by atoms with Crippen LogP contribution in [-0.4, -0.2) is 60.6 Å². The molecule has 6 nitrogen and oxygen atoms in total. The highest BCUT2D eigenvalue weighted by Gasteiger charge is 2.28. The summed E-state index contributed by atoms with van der Waals surface area (Å²) in [7, 11) is 0. The Morgan fingerprint density at radius 1 is 1.12 bits per heavy atom. The van der Waals surface area contributed by atoms with E-state index in [0.29, 0.717) is 38.1 Å². The molecule has 0 aliphatic carbocycles. The predicted octanol–water partition coefficient (Wildman–Crippen LogP) is 2.25. The van der Waals surface area contributed by atoms with Crippen LogP contribution >= 0.6 is 0 Å². The first-order valence-electron chi connectivity index (χ1n) is 9.58. The molecule has 2 aliphatic heterocycles. The Labute approximate surface area is 155 Å². The van der Waals surface area contributed by atoms with Crippen molar-refractivity contribution in [3.05, 3.63) is 35.9 Å². The van der Waals surface area contributed by atoms with Crippen molar-refractivity contribution in [1.82, 2.24) is 15.1 Å². The first-order chi connectivity index (χ1) is 12.6. The number of benzene rings is 1. The molecule has 0 aromatic heterocycles. The van der Waals surface area contributed by atoms with E-state index in [1.165, 1.54) is 0 Å². The topological polar surface area (TPSA) is 61.9 Å². The zero-order valence-corrected chi connectivity index (χ0v) is 15.5. The molecule has 1 aromatic rings. The van der Waals surface area contributed by atoms with Crippen molar-refractivity contribution >= 4 is 12.0 Å². The van der Waals surface area contributed by atoms with Crippen molar-refractivity contribution < 1.29 is 14.3 Å². The minimum absolute atomic E-state index is 0.253. The molecule has 2 saturated heterocycles. The number of amides is 2. The van der Waals surface area contributed by atoms with Crippen LogP contribution in [-0.2, 0) is 16.1 Å². The Balaban J connectivity index is 1.38. The molecule has 0 unspecified atom stereocenters. The lowest BCUT2D eigenvalue weighted by molar-refractivity contribution is -0.133. The Morgan fingerprint density at radius 3 is 2.54 bits per heavy atom. The second-order valence-electron chi connectivity index (χ2n) is 7.37. The van der Waals surface area contributed by atoms with Gasteiger partial charge in [-0.1, -0.05) is 30.3 Å². The van der Waals surface area contributed by atoms with Gasteiger partial charge in [-0.05, 0) is 31.2 Å². The van der Waals surface area contributed by atoms with Crippen LogP contribution in [0, 0.1) is 5.92 Å². The number of piperazine rings is 1. The summed E-state index contributed by atoms with van der Waals surface area (Å²) >= 11 is 0. The molecule has 0 spiro atoms. The molecular weight excluding hydrogens is 330 g/mol. The van der Waals surface area contributed by atoms with E-state index in [1.807, 2.05) is 35.2 Å². The third kappa shape index (κ3) is 5.21. The summed E-state index contributed by atoms with van der Waals surface area (Å²) in [6, 6.07) is 10.1. The summed E-state index contributed by atoms with van der Waals surface area (Å²) in [5, 5.41) is 3.36. The SMILES string of the molecule is C[C@@H]1CN(C(=O)CC2CCN(C(=O)OCc3ccccc3)CC2)CCN1. The average Bonchev–Trinajstić information content (AvgIpc) is 2.67. The van der Waals surface area contributed by atoms with Crippen LogP contribution < -0.4 is 5.32 Å². The number of carbonyl (C=O) groups excluding carboxylic acids is 2. The van der Waals surface area contributed by atoms with Crippen molar-refractivity contribution in [2.45, 2.75) is 38.8 Å². The molecule has 0 bridgehead atoms. The molecule has 1 atom stereocenters. The van der Waals surface area contributed by atoms with E-state index in [2.05, 4.69) is 12.2 Å². The number of carbonyl (C=O) groups is 2. The van der Waals surface area contributed by atoms with E-state index in [0.717, 1.165) is 38.0 Å². The third-order valence-electron chi connectivity index (χ3n) is 5.26. The van der Waals surface area contributed by atoms with Gasteiger partial charge in [0.05, 0.1) is 0 Å². The van der Waals surface area contributed by atoms with Gasteiger partial charge in [0.15, 0.2) is 0 Å². The Bertz CT molecular complexity index is 600. The highest BCUT2D eigenvalue weighted by Crippen LogP contribution is 2.22. The van der Waals surface area contributed by atoms with E-state index in [4.69, 9.17) is 4.74 Å². The van der Waals surface area contributed by atoms with Crippen LogP contribution in [0.25, 0.3) is 0 Å². The molecule has 0 radical (unpaired) electrons. The van der Waals surface area contributed by atoms with Gasteiger partial charge in [0.2, 0.25) is 5.91 Å². The van der Waals surface area contributed by atoms with Gasteiger partial charge < -0.3 is 19.9 Å². The van der Waals surface area contributed by atoms with Gasteiger partial charge in [0.1, 0.15) is 6.61 Å². The largest absolute Gasteiger partial charge is 0.445 e. The van der Waals surface area contributed by atoms with Crippen LogP contribution in [0.4, 0.5) is 4.79 Å². The lowest BCUT2D eigenvalue weighted by Crippen LogP contribution is -2.51. The highest BCUT2D eigenvalue weighted by molar-refractivity contribution is 5.76. The maximum Gasteiger partial charge on any atom is 0.410 e. The fourth-order valence-corrected chi connectivity index (χ4v) is 3.67. The van der Waals surface area contributed by atoms with E-state index in [-0.39, 0.29) is 12.0 Å². The first-order valence-corrected chi connectivity index (χ1v) is 9.58. The third-order valence-corrected chi connectivity index (χ3v) is 5.26. The highest BCUT2D eigenvalue weighted by atomic mass is 16.6. The van der Waals surface area contributed by atoms with Crippen LogP contribution in [0.15, 0.2) is 30.3 Å². The molecular formula is C20H29N3O3. The van der Waals surface area contributed by atoms with Gasteiger partial charge in [-0.15, -0.1) is 0 Å². The van der Waals surface area contributed by atoms with Crippen LogP contribution in [0.5, 0.6) is 0 Å². The molecule has 3 rings (SSSR count). The smallest absolute Gasteiger partial charge is 0.410 e. The standard InChI is InChI=1S/C20H29N3O3/c1-16-14-23(12-9-21-16)19(24)13-17-7-10-22(11-8-17)20(25)26-15-18-5-3-2-4-6-18/h2-6,16-17,21H,7-15H2,1H3/t16-/m1/s1. The number of hydrogen-bond acceptors (Lipinski definition) is 4. The van der Waals surface area contributed by atoms with Gasteiger partial charge in [-0.25, -0.2) is 4.79 Å². The van der Waals surface area contributed by atoms with Crippen LogP contribution in [0.3, 0.4) is 0 Å². The number of ether oxygens (including phenoxy) is 1. The van der Waals surface area contributed by atoms with Gasteiger partial charge in [0.25, 0.3) is 0 Å². The van der Waals surface area contributed by atoms with Gasteiger partial charge in [-0.3, -0.25) is 4.79 Å². The van der Waals surface area contributed by atoms with Gasteiger partial charge in [-0.2, -0.15) is 0 Å². The summed E-state index contributed by atoms with van der Waals surface area (Å²) in [4.78, 5) is 28.4. The molecule has 142 valence electrons. The monoisotopic (exact) mass is 359 g/mol. The van der Waals surface area contributed by atoms with Crippen LogP contribution in [0.1, 0.15) is 31.7 Å². The van der Waals surface area contributed by atoms with E-state index in [9.17, 15) is 9.59 Å². The van der Waals surface area contributed by atoms with E-state index in [1.54, 1.807) is 4.90 Å². The first kappa shape index (κ1) is 18.7. The van der Waals surface area contributed by atoms with Crippen molar-refractivity contribution in [3.63, 3.8) is 0 Å². The summed E-state index contributed by atoms with van der Waals surface area (Å²) < 4.78 is 5.40. The summed E-state index contributed by atoms with van der Waals surface area (Å²) in [6.45, 7) is 6.22. The Kier molecular flexibility index (Phi) is 6.50. The normalized spacial score (nSPS) is 21.5. The molecule has 2 aliphatic rings. The second-order valence-corrected chi connectivity index (χ2v) is 7.37. The lowest BCUT2D eigenvalue weighted by atomic mass is 9.93. The van der Waals surface area contributed by atoms with E-state index >= 15 is 0 Å². The summed E-state index contributed by atoms with van der Waals surface area (Å²) in [5.41, 5.74) is 0.992. The molecule has 0 saturated carbocycles. The van der Waals surface area contributed by atoms with Gasteiger partial charge >= 0.3 is 6.09 Å². The number of nitrogens with zero attached hydrogens (tertiary/aromatic N) is 2. The maximum absolute atomic E-state index is 12.5. The molecule has 6 heteroatoms. The minimum atomic E-state index is -0.255. The molecule has 26 heavy (non-hydrogen) atoms. The zero-order valence-electron chi connectivity index (χ0n) is 15.5. The summed E-state index contributed by atoms with van der Waals surface area (Å²) in [6.07, 6.45) is 2.08. The predicted molar refractivity (Wildman–Crippen MR) is 99.6 cm³/mol. The number of piperidine rings is 1. The zero-order chi connectivity index (χ0) is 18.4. The van der Waals surface area contributed by atoms with Crippen molar-refractivity contribution in [2.24, 2.45) is 5.92 Å². The number of likely N-dealkylation sites (tertiary alicyclic amines) is 1. The molecule has 2 fully saturated rings. The van der Waals surface area contributed by atoms with Crippen molar-refractivity contribution in [3.8, 4) is 0 Å². The molecule has 1 aromatic carbocycles. The molecule has 2 amide bonds. The van der Waals surface area contributed by atoms with E-state index < -0.39 is 0 Å². The average molecular weight is 359 g/mol.